The lowest BCUT2D eigenvalue weighted by molar-refractivity contribution is -0.146. The van der Waals surface area contributed by atoms with Gasteiger partial charge >= 0.3 is 5.97 Å². The first-order valence-corrected chi connectivity index (χ1v) is 8.37. The van der Waals surface area contributed by atoms with Crippen molar-refractivity contribution in [2.75, 3.05) is 13.1 Å². The number of esters is 1. The molecular weight excluding hydrogens is 318 g/mol. The maximum absolute atomic E-state index is 12.9. The largest absolute Gasteiger partial charge is 0.488 e. The van der Waals surface area contributed by atoms with Gasteiger partial charge in [-0.2, -0.15) is 0 Å². The van der Waals surface area contributed by atoms with Crippen LogP contribution in [0.3, 0.4) is 0 Å². The summed E-state index contributed by atoms with van der Waals surface area (Å²) in [5.74, 6) is 0.121. The molecule has 1 atom stereocenters. The molecule has 2 aromatic carbocycles. The summed E-state index contributed by atoms with van der Waals surface area (Å²) in [6, 6.07) is 12.8. The van der Waals surface area contributed by atoms with Gasteiger partial charge in [0.15, 0.2) is 5.78 Å². The highest BCUT2D eigenvalue weighted by atomic mass is 16.5. The van der Waals surface area contributed by atoms with Crippen molar-refractivity contribution in [1.82, 2.24) is 5.32 Å². The number of nitrogens with one attached hydrogen (secondary N) is 1. The Morgan fingerprint density at radius 2 is 2.04 bits per heavy atom. The standard InChI is InChI=1S/C20H21NO4/c1-3-21-11-19(25-13(2)22)14-8-9-18-17(10-14)20(23)16-7-5-4-6-15(16)12-24-18/h4-10,19,21H,3,11-12H2,1-2H3. The zero-order valence-corrected chi connectivity index (χ0v) is 14.4. The smallest absolute Gasteiger partial charge is 0.303 e. The van der Waals surface area contributed by atoms with E-state index in [1.165, 1.54) is 6.92 Å². The monoisotopic (exact) mass is 339 g/mol. The van der Waals surface area contributed by atoms with E-state index in [9.17, 15) is 9.59 Å². The van der Waals surface area contributed by atoms with Gasteiger partial charge < -0.3 is 14.8 Å². The molecule has 0 saturated heterocycles. The molecule has 1 unspecified atom stereocenters. The van der Waals surface area contributed by atoms with E-state index >= 15 is 0 Å². The van der Waals surface area contributed by atoms with Crippen molar-refractivity contribution in [3.8, 4) is 5.75 Å². The van der Waals surface area contributed by atoms with Gasteiger partial charge in [0.25, 0.3) is 0 Å². The Bertz CT molecular complexity index is 800. The molecule has 130 valence electrons. The highest BCUT2D eigenvalue weighted by molar-refractivity contribution is 6.12. The Morgan fingerprint density at radius 3 is 2.80 bits per heavy atom. The highest BCUT2D eigenvalue weighted by Gasteiger charge is 2.24. The van der Waals surface area contributed by atoms with E-state index in [-0.39, 0.29) is 11.8 Å². The summed E-state index contributed by atoms with van der Waals surface area (Å²) in [5.41, 5.74) is 2.78. The normalized spacial score (nSPS) is 13.9. The molecule has 0 aliphatic carbocycles. The lowest BCUT2D eigenvalue weighted by Gasteiger charge is -2.19. The van der Waals surface area contributed by atoms with Crippen molar-refractivity contribution in [2.24, 2.45) is 0 Å². The van der Waals surface area contributed by atoms with Crippen LogP contribution in [0.2, 0.25) is 0 Å². The predicted octanol–water partition coefficient (Wildman–Crippen LogP) is 3.02. The molecule has 0 bridgehead atoms. The summed E-state index contributed by atoms with van der Waals surface area (Å²) < 4.78 is 11.2. The zero-order chi connectivity index (χ0) is 17.8. The summed E-state index contributed by atoms with van der Waals surface area (Å²) in [6.45, 7) is 4.97. The quantitative estimate of drug-likeness (QED) is 0.848. The number of rotatable bonds is 5. The SMILES string of the molecule is CCNCC(OC(C)=O)c1ccc2c(c1)C(=O)c1ccccc1CO2. The van der Waals surface area contributed by atoms with Crippen molar-refractivity contribution in [1.29, 1.82) is 0 Å². The number of carbonyl (C=O) groups is 2. The summed E-state index contributed by atoms with van der Waals surface area (Å²) in [5, 5.41) is 3.18. The average molecular weight is 339 g/mol. The first kappa shape index (κ1) is 17.2. The Kier molecular flexibility index (Phi) is 5.14. The molecule has 3 rings (SSSR count). The van der Waals surface area contributed by atoms with Gasteiger partial charge in [0, 0.05) is 24.6 Å². The van der Waals surface area contributed by atoms with Crippen LogP contribution in [0.4, 0.5) is 0 Å². The molecule has 0 fully saturated rings. The average Bonchev–Trinajstić information content (AvgIpc) is 2.76. The fourth-order valence-corrected chi connectivity index (χ4v) is 2.92. The molecule has 0 saturated carbocycles. The molecule has 0 radical (unpaired) electrons. The molecule has 5 nitrogen and oxygen atoms in total. The molecule has 5 heteroatoms. The number of hydrogen-bond acceptors (Lipinski definition) is 5. The minimum absolute atomic E-state index is 0.0741. The van der Waals surface area contributed by atoms with Crippen LogP contribution in [0, 0.1) is 0 Å². The minimum atomic E-state index is -0.450. The zero-order valence-electron chi connectivity index (χ0n) is 14.4. The van der Waals surface area contributed by atoms with E-state index in [1.807, 2.05) is 37.3 Å². The van der Waals surface area contributed by atoms with Crippen LogP contribution in [-0.2, 0) is 16.1 Å². The minimum Gasteiger partial charge on any atom is -0.488 e. The van der Waals surface area contributed by atoms with E-state index in [0.717, 1.165) is 17.7 Å². The molecule has 1 aliphatic heterocycles. The van der Waals surface area contributed by atoms with Crippen LogP contribution < -0.4 is 10.1 Å². The molecular formula is C20H21NO4. The van der Waals surface area contributed by atoms with Crippen LogP contribution in [-0.4, -0.2) is 24.8 Å². The number of ketones is 1. The fraction of sp³-hybridized carbons (Fsp3) is 0.300. The van der Waals surface area contributed by atoms with Crippen LogP contribution in [0.15, 0.2) is 42.5 Å². The molecule has 25 heavy (non-hydrogen) atoms. The van der Waals surface area contributed by atoms with Crippen LogP contribution in [0.5, 0.6) is 5.75 Å². The predicted molar refractivity (Wildman–Crippen MR) is 93.7 cm³/mol. The van der Waals surface area contributed by atoms with Crippen molar-refractivity contribution < 1.29 is 19.1 Å². The van der Waals surface area contributed by atoms with E-state index in [1.54, 1.807) is 12.1 Å². The number of carbonyl (C=O) groups excluding carboxylic acids is 2. The van der Waals surface area contributed by atoms with Gasteiger partial charge in [-0.1, -0.05) is 37.3 Å². The fourth-order valence-electron chi connectivity index (χ4n) is 2.92. The maximum atomic E-state index is 12.9. The molecule has 2 aromatic rings. The second-order valence-electron chi connectivity index (χ2n) is 5.94. The Hall–Kier alpha value is -2.66. The molecule has 0 aromatic heterocycles. The van der Waals surface area contributed by atoms with E-state index in [4.69, 9.17) is 9.47 Å². The summed E-state index contributed by atoms with van der Waals surface area (Å²) in [7, 11) is 0. The molecule has 1 N–H and O–H groups in total. The van der Waals surface area contributed by atoms with Crippen LogP contribution >= 0.6 is 0 Å². The van der Waals surface area contributed by atoms with Gasteiger partial charge in [-0.25, -0.2) is 0 Å². The lowest BCUT2D eigenvalue weighted by atomic mass is 9.96. The maximum Gasteiger partial charge on any atom is 0.303 e. The van der Waals surface area contributed by atoms with Crippen molar-refractivity contribution in [3.63, 3.8) is 0 Å². The third kappa shape index (κ3) is 3.72. The van der Waals surface area contributed by atoms with Crippen LogP contribution in [0.25, 0.3) is 0 Å². The van der Waals surface area contributed by atoms with Gasteiger partial charge in [-0.15, -0.1) is 0 Å². The van der Waals surface area contributed by atoms with E-state index in [0.29, 0.717) is 30.0 Å². The second kappa shape index (κ2) is 7.49. The third-order valence-corrected chi connectivity index (χ3v) is 4.15. The van der Waals surface area contributed by atoms with Gasteiger partial charge in [0.2, 0.25) is 0 Å². The Morgan fingerprint density at radius 1 is 1.24 bits per heavy atom. The summed E-state index contributed by atoms with van der Waals surface area (Å²) in [4.78, 5) is 24.4. The summed E-state index contributed by atoms with van der Waals surface area (Å²) in [6.07, 6.45) is -0.450. The summed E-state index contributed by atoms with van der Waals surface area (Å²) >= 11 is 0. The number of ether oxygens (including phenoxy) is 2. The van der Waals surface area contributed by atoms with Gasteiger partial charge in [0.1, 0.15) is 18.5 Å². The van der Waals surface area contributed by atoms with Crippen LogP contribution in [0.1, 0.15) is 47.0 Å². The second-order valence-corrected chi connectivity index (χ2v) is 5.94. The van der Waals surface area contributed by atoms with Gasteiger partial charge in [-0.3, -0.25) is 9.59 Å². The lowest BCUT2D eigenvalue weighted by Crippen LogP contribution is -2.24. The van der Waals surface area contributed by atoms with Gasteiger partial charge in [-0.05, 0) is 24.2 Å². The van der Waals surface area contributed by atoms with Crippen molar-refractivity contribution in [2.45, 2.75) is 26.6 Å². The first-order chi connectivity index (χ1) is 12.1. The topological polar surface area (TPSA) is 64.6 Å². The number of hydrogen-bond donors (Lipinski definition) is 1. The Labute approximate surface area is 147 Å². The third-order valence-electron chi connectivity index (χ3n) is 4.15. The van der Waals surface area contributed by atoms with E-state index < -0.39 is 6.10 Å². The van der Waals surface area contributed by atoms with E-state index in [2.05, 4.69) is 5.32 Å². The molecule has 0 amide bonds. The highest BCUT2D eigenvalue weighted by Crippen LogP contribution is 2.31. The van der Waals surface area contributed by atoms with Gasteiger partial charge in [0.05, 0.1) is 5.56 Å². The number of fused-ring (bicyclic) bond motifs is 2. The number of likely N-dealkylation sites (N-methyl/N-ethyl adjacent to an activating group) is 1. The molecule has 0 spiro atoms. The first-order valence-electron chi connectivity index (χ1n) is 8.37. The van der Waals surface area contributed by atoms with Crippen molar-refractivity contribution >= 4 is 11.8 Å². The Balaban J connectivity index is 1.98. The van der Waals surface area contributed by atoms with Crippen molar-refractivity contribution in [3.05, 3.63) is 64.7 Å². The molecule has 1 heterocycles. The molecule has 1 aliphatic rings. The number of benzene rings is 2.